The summed E-state index contributed by atoms with van der Waals surface area (Å²) in [6, 6.07) is 7.15. The van der Waals surface area contributed by atoms with E-state index in [-0.39, 0.29) is 5.91 Å². The minimum Gasteiger partial charge on any atom is -0.346 e. The zero-order valence-electron chi connectivity index (χ0n) is 11.8. The molecule has 21 heavy (non-hydrogen) atoms. The number of benzene rings is 1. The first kappa shape index (κ1) is 15.2. The molecule has 0 saturated carbocycles. The van der Waals surface area contributed by atoms with Crippen LogP contribution in [0.15, 0.2) is 30.5 Å². The van der Waals surface area contributed by atoms with E-state index in [4.69, 9.17) is 5.73 Å². The molecule has 1 amide bonds. The molecule has 0 aliphatic carbocycles. The van der Waals surface area contributed by atoms with Gasteiger partial charge in [-0.05, 0) is 30.7 Å². The summed E-state index contributed by atoms with van der Waals surface area (Å²) >= 11 is 1.63. The summed E-state index contributed by atoms with van der Waals surface area (Å²) in [6.45, 7) is 2.87. The van der Waals surface area contributed by atoms with Crippen LogP contribution in [0.5, 0.6) is 0 Å². The van der Waals surface area contributed by atoms with Gasteiger partial charge in [0.2, 0.25) is 0 Å². The maximum atomic E-state index is 12.0. The predicted molar refractivity (Wildman–Crippen MR) is 85.0 cm³/mol. The maximum absolute atomic E-state index is 12.0. The molecule has 0 bridgehead atoms. The van der Waals surface area contributed by atoms with E-state index in [0.29, 0.717) is 18.7 Å². The molecular formula is C16H17N3OS. The smallest absolute Gasteiger partial charge is 0.251 e. The lowest BCUT2D eigenvalue weighted by atomic mass is 10.1. The molecule has 5 heteroatoms. The highest BCUT2D eigenvalue weighted by atomic mass is 32.1. The molecule has 0 fully saturated rings. The molecule has 3 N–H and O–H groups in total. The Morgan fingerprint density at radius 3 is 2.76 bits per heavy atom. The molecule has 0 atom stereocenters. The van der Waals surface area contributed by atoms with Gasteiger partial charge in [-0.1, -0.05) is 18.8 Å². The second kappa shape index (κ2) is 7.58. The number of hydrogen-bond acceptors (Lipinski definition) is 4. The molecule has 1 aromatic carbocycles. The van der Waals surface area contributed by atoms with Crippen molar-refractivity contribution < 1.29 is 4.79 Å². The summed E-state index contributed by atoms with van der Waals surface area (Å²) in [5.74, 6) is 5.59. The number of nitrogens with one attached hydrogen (secondary N) is 1. The molecule has 4 nitrogen and oxygen atoms in total. The Hall–Kier alpha value is -2.16. The average molecular weight is 299 g/mol. The number of aromatic nitrogens is 1. The number of rotatable bonds is 4. The number of nitrogens with zero attached hydrogens (tertiary/aromatic N) is 1. The van der Waals surface area contributed by atoms with Crippen LogP contribution in [0.3, 0.4) is 0 Å². The van der Waals surface area contributed by atoms with Gasteiger partial charge in [0.25, 0.3) is 5.91 Å². The Morgan fingerprint density at radius 1 is 1.38 bits per heavy atom. The molecule has 0 saturated heterocycles. The molecule has 1 heterocycles. The minimum absolute atomic E-state index is 0.110. The number of carbonyl (C=O) groups excluding carboxylic acids is 1. The van der Waals surface area contributed by atoms with Crippen molar-refractivity contribution in [1.82, 2.24) is 10.3 Å². The Kier molecular flexibility index (Phi) is 5.50. The maximum Gasteiger partial charge on any atom is 0.251 e. The predicted octanol–water partition coefficient (Wildman–Crippen LogP) is 1.95. The zero-order valence-corrected chi connectivity index (χ0v) is 12.7. The number of hydrogen-bond donors (Lipinski definition) is 2. The van der Waals surface area contributed by atoms with E-state index in [2.05, 4.69) is 29.1 Å². The van der Waals surface area contributed by atoms with Gasteiger partial charge in [0.05, 0.1) is 13.1 Å². The summed E-state index contributed by atoms with van der Waals surface area (Å²) in [7, 11) is 0. The van der Waals surface area contributed by atoms with Gasteiger partial charge < -0.3 is 11.1 Å². The van der Waals surface area contributed by atoms with Gasteiger partial charge in [-0.15, -0.1) is 11.3 Å². The highest BCUT2D eigenvalue weighted by Crippen LogP contribution is 2.13. The Balaban J connectivity index is 1.93. The van der Waals surface area contributed by atoms with Gasteiger partial charge in [-0.2, -0.15) is 0 Å². The van der Waals surface area contributed by atoms with Gasteiger partial charge in [0.1, 0.15) is 5.01 Å². The third-order valence-electron chi connectivity index (χ3n) is 2.83. The lowest BCUT2D eigenvalue weighted by Crippen LogP contribution is -2.22. The van der Waals surface area contributed by atoms with Gasteiger partial charge in [0, 0.05) is 22.2 Å². The van der Waals surface area contributed by atoms with Crippen molar-refractivity contribution in [2.45, 2.75) is 19.9 Å². The standard InChI is InChI=1S/C16H17N3OS/c1-2-14-10-18-15(21-14)11-19-16(20)13-7-5-12(6-8-13)4-3-9-17/h5-8,10H,2,9,11,17H2,1H3,(H,19,20). The van der Waals surface area contributed by atoms with Crippen molar-refractivity contribution in [3.8, 4) is 11.8 Å². The van der Waals surface area contributed by atoms with E-state index >= 15 is 0 Å². The molecule has 0 radical (unpaired) electrons. The summed E-state index contributed by atoms with van der Waals surface area (Å²) in [6.07, 6.45) is 2.83. The van der Waals surface area contributed by atoms with Crippen LogP contribution in [0.4, 0.5) is 0 Å². The van der Waals surface area contributed by atoms with Crippen LogP contribution in [0.2, 0.25) is 0 Å². The Morgan fingerprint density at radius 2 is 2.14 bits per heavy atom. The first-order chi connectivity index (χ1) is 10.2. The van der Waals surface area contributed by atoms with Gasteiger partial charge in [-0.25, -0.2) is 4.98 Å². The SMILES string of the molecule is CCc1cnc(CNC(=O)c2ccc(C#CCN)cc2)s1. The fourth-order valence-corrected chi connectivity index (χ4v) is 2.51. The summed E-state index contributed by atoms with van der Waals surface area (Å²) in [5.41, 5.74) is 6.78. The van der Waals surface area contributed by atoms with E-state index in [9.17, 15) is 4.79 Å². The number of amides is 1. The van der Waals surface area contributed by atoms with Crippen LogP contribution in [-0.2, 0) is 13.0 Å². The molecular weight excluding hydrogens is 282 g/mol. The van der Waals surface area contributed by atoms with E-state index < -0.39 is 0 Å². The van der Waals surface area contributed by atoms with Crippen LogP contribution >= 0.6 is 11.3 Å². The molecule has 0 unspecified atom stereocenters. The van der Waals surface area contributed by atoms with Crippen molar-refractivity contribution in [2.75, 3.05) is 6.54 Å². The van der Waals surface area contributed by atoms with Crippen LogP contribution in [0, 0.1) is 11.8 Å². The van der Waals surface area contributed by atoms with Crippen molar-refractivity contribution in [3.05, 3.63) is 51.5 Å². The zero-order chi connectivity index (χ0) is 15.1. The number of thiazole rings is 1. The lowest BCUT2D eigenvalue weighted by molar-refractivity contribution is 0.0951. The van der Waals surface area contributed by atoms with Crippen molar-refractivity contribution in [2.24, 2.45) is 5.73 Å². The molecule has 0 aliphatic rings. The largest absolute Gasteiger partial charge is 0.346 e. The average Bonchev–Trinajstić information content (AvgIpc) is 2.99. The molecule has 0 aliphatic heterocycles. The van der Waals surface area contributed by atoms with Crippen LogP contribution in [0.25, 0.3) is 0 Å². The highest BCUT2D eigenvalue weighted by molar-refractivity contribution is 7.11. The molecule has 0 spiro atoms. The van der Waals surface area contributed by atoms with Crippen LogP contribution < -0.4 is 11.1 Å². The molecule has 1 aromatic heterocycles. The van der Waals surface area contributed by atoms with Gasteiger partial charge >= 0.3 is 0 Å². The van der Waals surface area contributed by atoms with Crippen molar-refractivity contribution in [3.63, 3.8) is 0 Å². The Bertz CT molecular complexity index is 665. The van der Waals surface area contributed by atoms with E-state index in [1.807, 2.05) is 18.3 Å². The van der Waals surface area contributed by atoms with E-state index in [1.54, 1.807) is 23.5 Å². The second-order valence-electron chi connectivity index (χ2n) is 4.34. The molecule has 108 valence electrons. The number of carbonyl (C=O) groups is 1. The first-order valence-corrected chi connectivity index (χ1v) is 7.55. The summed E-state index contributed by atoms with van der Waals surface area (Å²) in [4.78, 5) is 17.5. The minimum atomic E-state index is -0.110. The number of aryl methyl sites for hydroxylation is 1. The second-order valence-corrected chi connectivity index (χ2v) is 5.54. The van der Waals surface area contributed by atoms with Crippen LogP contribution in [0.1, 0.15) is 32.7 Å². The highest BCUT2D eigenvalue weighted by Gasteiger charge is 2.06. The van der Waals surface area contributed by atoms with Crippen LogP contribution in [-0.4, -0.2) is 17.4 Å². The molecule has 2 aromatic rings. The van der Waals surface area contributed by atoms with Crippen molar-refractivity contribution in [1.29, 1.82) is 0 Å². The number of nitrogens with two attached hydrogens (primary N) is 1. The van der Waals surface area contributed by atoms with Gasteiger partial charge in [0.15, 0.2) is 0 Å². The topological polar surface area (TPSA) is 68.0 Å². The first-order valence-electron chi connectivity index (χ1n) is 6.73. The fourth-order valence-electron chi connectivity index (χ4n) is 1.71. The summed E-state index contributed by atoms with van der Waals surface area (Å²) in [5, 5.41) is 3.79. The lowest BCUT2D eigenvalue weighted by Gasteiger charge is -2.03. The van der Waals surface area contributed by atoms with E-state index in [0.717, 1.165) is 17.0 Å². The quantitative estimate of drug-likeness (QED) is 0.848. The molecule has 2 rings (SSSR count). The fraction of sp³-hybridized carbons (Fsp3) is 0.250. The summed E-state index contributed by atoms with van der Waals surface area (Å²) < 4.78 is 0. The monoisotopic (exact) mass is 299 g/mol. The normalized spacial score (nSPS) is 9.81. The third kappa shape index (κ3) is 4.42. The van der Waals surface area contributed by atoms with Crippen molar-refractivity contribution >= 4 is 17.2 Å². The van der Waals surface area contributed by atoms with E-state index in [1.165, 1.54) is 4.88 Å². The van der Waals surface area contributed by atoms with Gasteiger partial charge in [-0.3, -0.25) is 4.79 Å². The Labute approximate surface area is 128 Å². The third-order valence-corrected chi connectivity index (χ3v) is 3.97.